The fraction of sp³-hybridized carbons (Fsp3) is 0.286. The number of hydrogen-bond donors (Lipinski definition) is 1. The van der Waals surface area contributed by atoms with Crippen LogP contribution in [0.1, 0.15) is 11.3 Å². The minimum Gasteiger partial charge on any atom is -0.454 e. The monoisotopic (exact) mass is 245 g/mol. The Kier molecular flexibility index (Phi) is 2.52. The Morgan fingerprint density at radius 3 is 2.72 bits per heavy atom. The van der Waals surface area contributed by atoms with Gasteiger partial charge in [-0.25, -0.2) is 0 Å². The summed E-state index contributed by atoms with van der Waals surface area (Å²) in [5, 5.41) is 9.30. The van der Waals surface area contributed by atoms with Gasteiger partial charge >= 0.3 is 0 Å². The van der Waals surface area contributed by atoms with Gasteiger partial charge in [0.25, 0.3) is 0 Å². The summed E-state index contributed by atoms with van der Waals surface area (Å²) in [6.07, 6.45) is 0. The molecule has 0 aliphatic carbocycles. The third kappa shape index (κ3) is 1.57. The molecule has 0 saturated heterocycles. The third-order valence-corrected chi connectivity index (χ3v) is 3.48. The van der Waals surface area contributed by atoms with Crippen LogP contribution >= 0.6 is 0 Å². The highest BCUT2D eigenvalue weighted by atomic mass is 16.7. The topological polar surface area (TPSA) is 43.6 Å². The molecule has 0 amide bonds. The second-order valence-corrected chi connectivity index (χ2v) is 4.43. The molecule has 1 aliphatic rings. The van der Waals surface area contributed by atoms with Crippen LogP contribution in [-0.2, 0) is 13.7 Å². The van der Waals surface area contributed by atoms with E-state index >= 15 is 0 Å². The molecule has 0 saturated carbocycles. The van der Waals surface area contributed by atoms with Crippen LogP contribution in [0.2, 0.25) is 0 Å². The fourth-order valence-corrected chi connectivity index (χ4v) is 2.26. The molecule has 0 atom stereocenters. The summed E-state index contributed by atoms with van der Waals surface area (Å²) in [6.45, 7) is 2.35. The Bertz CT molecular complexity index is 601. The molecule has 1 aromatic heterocycles. The van der Waals surface area contributed by atoms with Crippen LogP contribution in [0.25, 0.3) is 11.3 Å². The van der Waals surface area contributed by atoms with Crippen molar-refractivity contribution in [2.45, 2.75) is 13.5 Å². The molecule has 1 aliphatic heterocycles. The van der Waals surface area contributed by atoms with E-state index in [4.69, 9.17) is 9.47 Å². The van der Waals surface area contributed by atoms with Gasteiger partial charge in [0.15, 0.2) is 11.5 Å². The van der Waals surface area contributed by atoms with Gasteiger partial charge in [0.2, 0.25) is 6.79 Å². The molecule has 0 radical (unpaired) electrons. The molecule has 0 unspecified atom stereocenters. The van der Waals surface area contributed by atoms with Crippen LogP contribution in [-0.4, -0.2) is 16.5 Å². The number of ether oxygens (including phenoxy) is 2. The molecule has 18 heavy (non-hydrogen) atoms. The van der Waals surface area contributed by atoms with Crippen LogP contribution in [0, 0.1) is 6.92 Å². The lowest BCUT2D eigenvalue weighted by atomic mass is 10.1. The molecule has 2 aromatic rings. The van der Waals surface area contributed by atoms with Crippen molar-refractivity contribution in [2.24, 2.45) is 7.05 Å². The Hall–Kier alpha value is -1.94. The minimum atomic E-state index is 0.0597. The zero-order valence-corrected chi connectivity index (χ0v) is 10.4. The van der Waals surface area contributed by atoms with Gasteiger partial charge in [-0.05, 0) is 36.8 Å². The number of rotatable bonds is 2. The summed E-state index contributed by atoms with van der Waals surface area (Å²) in [7, 11) is 1.99. The quantitative estimate of drug-likeness (QED) is 0.882. The number of aliphatic hydroxyl groups is 1. The van der Waals surface area contributed by atoms with E-state index in [2.05, 4.69) is 4.57 Å². The zero-order valence-electron chi connectivity index (χ0n) is 10.4. The summed E-state index contributed by atoms with van der Waals surface area (Å²) in [4.78, 5) is 0. The molecule has 0 spiro atoms. The van der Waals surface area contributed by atoms with Gasteiger partial charge in [-0.2, -0.15) is 0 Å². The van der Waals surface area contributed by atoms with E-state index in [1.54, 1.807) is 0 Å². The summed E-state index contributed by atoms with van der Waals surface area (Å²) in [5.41, 5.74) is 4.15. The molecule has 4 nitrogen and oxygen atoms in total. The molecule has 94 valence electrons. The average molecular weight is 245 g/mol. The van der Waals surface area contributed by atoms with Gasteiger partial charge in [-0.3, -0.25) is 0 Å². The highest BCUT2D eigenvalue weighted by Gasteiger charge is 2.16. The summed E-state index contributed by atoms with van der Waals surface area (Å²) < 4.78 is 12.8. The van der Waals surface area contributed by atoms with E-state index in [9.17, 15) is 5.11 Å². The Labute approximate surface area is 105 Å². The Morgan fingerprint density at radius 2 is 2.00 bits per heavy atom. The van der Waals surface area contributed by atoms with Crippen molar-refractivity contribution in [1.82, 2.24) is 4.57 Å². The number of nitrogens with zero attached hydrogens (tertiary/aromatic N) is 1. The highest BCUT2D eigenvalue weighted by Crippen LogP contribution is 2.36. The van der Waals surface area contributed by atoms with Crippen LogP contribution in [0.3, 0.4) is 0 Å². The first-order valence-corrected chi connectivity index (χ1v) is 5.87. The van der Waals surface area contributed by atoms with Crippen LogP contribution < -0.4 is 9.47 Å². The van der Waals surface area contributed by atoms with Crippen molar-refractivity contribution in [2.75, 3.05) is 6.79 Å². The minimum absolute atomic E-state index is 0.0597. The fourth-order valence-electron chi connectivity index (χ4n) is 2.26. The number of fused-ring (bicyclic) bond motifs is 1. The predicted molar refractivity (Wildman–Crippen MR) is 67.6 cm³/mol. The molecule has 1 N–H and O–H groups in total. The van der Waals surface area contributed by atoms with Gasteiger partial charge in [-0.1, -0.05) is 0 Å². The van der Waals surface area contributed by atoms with Gasteiger partial charge in [-0.15, -0.1) is 0 Å². The second-order valence-electron chi connectivity index (χ2n) is 4.43. The van der Waals surface area contributed by atoms with Crippen molar-refractivity contribution in [3.05, 3.63) is 35.5 Å². The maximum Gasteiger partial charge on any atom is 0.231 e. The Morgan fingerprint density at radius 1 is 1.22 bits per heavy atom. The van der Waals surface area contributed by atoms with Gasteiger partial charge in [0, 0.05) is 24.0 Å². The molecule has 0 bridgehead atoms. The van der Waals surface area contributed by atoms with Crippen molar-refractivity contribution in [3.8, 4) is 22.8 Å². The molecule has 1 aromatic carbocycles. The lowest BCUT2D eigenvalue weighted by molar-refractivity contribution is 0.174. The lowest BCUT2D eigenvalue weighted by Gasteiger charge is -2.06. The smallest absolute Gasteiger partial charge is 0.231 e. The number of hydrogen-bond acceptors (Lipinski definition) is 3. The largest absolute Gasteiger partial charge is 0.454 e. The SMILES string of the molecule is Cc1c(CO)cc(-c2ccc3c(c2)OCO3)n1C. The maximum atomic E-state index is 9.30. The number of aromatic nitrogens is 1. The summed E-state index contributed by atoms with van der Waals surface area (Å²) in [5.74, 6) is 1.56. The van der Waals surface area contributed by atoms with Crippen molar-refractivity contribution >= 4 is 0 Å². The average Bonchev–Trinajstić information content (AvgIpc) is 2.95. The summed E-state index contributed by atoms with van der Waals surface area (Å²) in [6, 6.07) is 7.90. The standard InChI is InChI=1S/C14H15NO3/c1-9-11(7-16)5-12(15(9)2)10-3-4-13-14(6-10)18-8-17-13/h3-6,16H,7-8H2,1-2H3. The molecule has 2 heterocycles. The third-order valence-electron chi connectivity index (χ3n) is 3.48. The van der Waals surface area contributed by atoms with Gasteiger partial charge in [0.1, 0.15) is 0 Å². The van der Waals surface area contributed by atoms with Crippen LogP contribution in [0.15, 0.2) is 24.3 Å². The van der Waals surface area contributed by atoms with Crippen molar-refractivity contribution in [1.29, 1.82) is 0 Å². The van der Waals surface area contributed by atoms with Crippen LogP contribution in [0.5, 0.6) is 11.5 Å². The van der Waals surface area contributed by atoms with Crippen molar-refractivity contribution in [3.63, 3.8) is 0 Å². The molecular formula is C14H15NO3. The van der Waals surface area contributed by atoms with E-state index in [1.807, 2.05) is 38.2 Å². The van der Waals surface area contributed by atoms with E-state index in [1.165, 1.54) is 0 Å². The maximum absolute atomic E-state index is 9.30. The zero-order chi connectivity index (χ0) is 12.7. The van der Waals surface area contributed by atoms with E-state index in [0.29, 0.717) is 0 Å². The first kappa shape index (κ1) is 11.2. The van der Waals surface area contributed by atoms with E-state index in [0.717, 1.165) is 34.0 Å². The van der Waals surface area contributed by atoms with Gasteiger partial charge in [0.05, 0.1) is 6.61 Å². The lowest BCUT2D eigenvalue weighted by Crippen LogP contribution is -1.95. The second kappa shape index (κ2) is 4.07. The van der Waals surface area contributed by atoms with Crippen LogP contribution in [0.4, 0.5) is 0 Å². The number of benzene rings is 1. The first-order valence-electron chi connectivity index (χ1n) is 5.87. The van der Waals surface area contributed by atoms with E-state index < -0.39 is 0 Å². The molecular weight excluding hydrogens is 230 g/mol. The van der Waals surface area contributed by atoms with Crippen molar-refractivity contribution < 1.29 is 14.6 Å². The Balaban J connectivity index is 2.10. The summed E-state index contributed by atoms with van der Waals surface area (Å²) >= 11 is 0. The number of aliphatic hydroxyl groups excluding tert-OH is 1. The molecule has 3 rings (SSSR count). The van der Waals surface area contributed by atoms with Gasteiger partial charge < -0.3 is 19.1 Å². The van der Waals surface area contributed by atoms with E-state index in [-0.39, 0.29) is 13.4 Å². The normalized spacial score (nSPS) is 13.1. The first-order chi connectivity index (χ1) is 8.70. The highest BCUT2D eigenvalue weighted by molar-refractivity contribution is 5.66. The molecule has 0 fully saturated rings. The molecule has 4 heteroatoms. The predicted octanol–water partition coefficient (Wildman–Crippen LogP) is 2.22.